The van der Waals surface area contributed by atoms with Crippen LogP contribution >= 0.6 is 0 Å². The summed E-state index contributed by atoms with van der Waals surface area (Å²) in [5.41, 5.74) is 7.55. The Morgan fingerprint density at radius 1 is 1.38 bits per heavy atom. The van der Waals surface area contributed by atoms with Gasteiger partial charge in [-0.2, -0.15) is 5.10 Å². The van der Waals surface area contributed by atoms with Crippen LogP contribution in [-0.4, -0.2) is 46.1 Å². The average Bonchev–Trinajstić information content (AvgIpc) is 2.70. The molecule has 0 radical (unpaired) electrons. The van der Waals surface area contributed by atoms with Gasteiger partial charge in [-0.3, -0.25) is 14.3 Å². The first-order chi connectivity index (χ1) is 9.90. The Bertz CT molecular complexity index is 544. The summed E-state index contributed by atoms with van der Waals surface area (Å²) in [6.45, 7) is 5.38. The van der Waals surface area contributed by atoms with Gasteiger partial charge >= 0.3 is 0 Å². The minimum Gasteiger partial charge on any atom is -0.395 e. The molecule has 7 heteroatoms. The van der Waals surface area contributed by atoms with Gasteiger partial charge in [-0.15, -0.1) is 0 Å². The van der Waals surface area contributed by atoms with Crippen molar-refractivity contribution in [3.63, 3.8) is 0 Å². The Morgan fingerprint density at radius 3 is 2.48 bits per heavy atom. The summed E-state index contributed by atoms with van der Waals surface area (Å²) in [6.07, 6.45) is 1.78. The molecule has 2 heterocycles. The Balaban J connectivity index is 1.96. The molecule has 1 aromatic heterocycles. The van der Waals surface area contributed by atoms with Crippen LogP contribution in [0.1, 0.15) is 35.9 Å². The molecule has 1 saturated heterocycles. The molecule has 1 aliphatic rings. The number of carbonyl (C=O) groups excluding carboxylic acids is 2. The number of nitrogens with zero attached hydrogens (tertiary/aromatic N) is 3. The van der Waals surface area contributed by atoms with Gasteiger partial charge in [0.25, 0.3) is 5.91 Å². The highest BCUT2D eigenvalue weighted by Gasteiger charge is 2.27. The number of likely N-dealkylation sites (tertiary alicyclic amines) is 1. The largest absolute Gasteiger partial charge is 0.395 e. The van der Waals surface area contributed by atoms with Gasteiger partial charge in [0.05, 0.1) is 11.4 Å². The maximum Gasteiger partial charge on any atom is 0.274 e. The number of aromatic nitrogens is 2. The van der Waals surface area contributed by atoms with Crippen LogP contribution in [0.2, 0.25) is 0 Å². The van der Waals surface area contributed by atoms with Crippen LogP contribution in [0.15, 0.2) is 0 Å². The predicted molar refractivity (Wildman–Crippen MR) is 79.7 cm³/mol. The Morgan fingerprint density at radius 2 is 2.00 bits per heavy atom. The number of anilines is 1. The standard InChI is InChI=1S/C14H23N5O2/c1-9-12(15)13(18(3)17-9)14(21)19-6-4-11(5-7-19)8-16-10(2)20/h11H,4-8,15H2,1-3H3,(H,16,20). The maximum absolute atomic E-state index is 12.5. The van der Waals surface area contributed by atoms with E-state index in [9.17, 15) is 9.59 Å². The van der Waals surface area contributed by atoms with Crippen LogP contribution in [0.3, 0.4) is 0 Å². The third-order valence-corrected chi connectivity index (χ3v) is 4.01. The summed E-state index contributed by atoms with van der Waals surface area (Å²) >= 11 is 0. The van der Waals surface area contributed by atoms with E-state index in [1.54, 1.807) is 18.7 Å². The number of amides is 2. The molecular formula is C14H23N5O2. The molecule has 0 unspecified atom stereocenters. The molecule has 1 aromatic rings. The van der Waals surface area contributed by atoms with Gasteiger partial charge < -0.3 is 16.0 Å². The molecule has 1 aliphatic heterocycles. The Hall–Kier alpha value is -2.05. The third-order valence-electron chi connectivity index (χ3n) is 4.01. The van der Waals surface area contributed by atoms with Crippen LogP contribution in [0, 0.1) is 12.8 Å². The van der Waals surface area contributed by atoms with Gasteiger partial charge in [-0.1, -0.05) is 0 Å². The van der Waals surface area contributed by atoms with Gasteiger partial charge in [0.2, 0.25) is 5.91 Å². The lowest BCUT2D eigenvalue weighted by atomic mass is 9.96. The lowest BCUT2D eigenvalue weighted by Crippen LogP contribution is -2.42. The lowest BCUT2D eigenvalue weighted by molar-refractivity contribution is -0.119. The molecule has 2 amide bonds. The summed E-state index contributed by atoms with van der Waals surface area (Å²) in [6, 6.07) is 0. The van der Waals surface area contributed by atoms with Crippen LogP contribution in [-0.2, 0) is 11.8 Å². The highest BCUT2D eigenvalue weighted by molar-refractivity contribution is 5.98. The average molecular weight is 293 g/mol. The minimum atomic E-state index is -0.0615. The highest BCUT2D eigenvalue weighted by atomic mass is 16.2. The summed E-state index contributed by atoms with van der Waals surface area (Å²) in [5, 5.41) is 7.02. The van der Waals surface area contributed by atoms with E-state index in [1.165, 1.54) is 6.92 Å². The molecule has 3 N–H and O–H groups in total. The fourth-order valence-corrected chi connectivity index (χ4v) is 2.71. The van der Waals surface area contributed by atoms with Crippen molar-refractivity contribution in [2.75, 3.05) is 25.4 Å². The number of rotatable bonds is 3. The molecule has 116 valence electrons. The smallest absolute Gasteiger partial charge is 0.274 e. The molecule has 0 atom stereocenters. The molecular weight excluding hydrogens is 270 g/mol. The van der Waals surface area contributed by atoms with Gasteiger partial charge in [0.1, 0.15) is 5.69 Å². The van der Waals surface area contributed by atoms with E-state index in [0.717, 1.165) is 12.8 Å². The van der Waals surface area contributed by atoms with Crippen LogP contribution in [0.5, 0.6) is 0 Å². The number of nitrogens with one attached hydrogen (secondary N) is 1. The molecule has 0 spiro atoms. The van der Waals surface area contributed by atoms with Gasteiger partial charge in [-0.25, -0.2) is 0 Å². The van der Waals surface area contributed by atoms with Crippen molar-refractivity contribution >= 4 is 17.5 Å². The van der Waals surface area contributed by atoms with Crippen molar-refractivity contribution < 1.29 is 9.59 Å². The first-order valence-electron chi connectivity index (χ1n) is 7.23. The van der Waals surface area contributed by atoms with Crippen molar-refractivity contribution in [3.8, 4) is 0 Å². The molecule has 0 bridgehead atoms. The van der Waals surface area contributed by atoms with Crippen molar-refractivity contribution in [1.82, 2.24) is 20.0 Å². The van der Waals surface area contributed by atoms with E-state index in [4.69, 9.17) is 5.73 Å². The molecule has 2 rings (SSSR count). The van der Waals surface area contributed by atoms with Crippen molar-refractivity contribution in [3.05, 3.63) is 11.4 Å². The summed E-state index contributed by atoms with van der Waals surface area (Å²) in [5.74, 6) is 0.365. The maximum atomic E-state index is 12.5. The lowest BCUT2D eigenvalue weighted by Gasteiger charge is -2.32. The van der Waals surface area contributed by atoms with E-state index in [2.05, 4.69) is 10.4 Å². The number of nitrogen functional groups attached to an aromatic ring is 1. The van der Waals surface area contributed by atoms with Crippen molar-refractivity contribution in [2.45, 2.75) is 26.7 Å². The van der Waals surface area contributed by atoms with E-state index < -0.39 is 0 Å². The van der Waals surface area contributed by atoms with E-state index in [0.29, 0.717) is 42.6 Å². The van der Waals surface area contributed by atoms with E-state index in [-0.39, 0.29) is 11.8 Å². The van der Waals surface area contributed by atoms with Crippen molar-refractivity contribution in [1.29, 1.82) is 0 Å². The molecule has 0 aromatic carbocycles. The SMILES string of the molecule is CC(=O)NCC1CCN(C(=O)c2c(N)c(C)nn2C)CC1. The molecule has 0 saturated carbocycles. The van der Waals surface area contributed by atoms with E-state index in [1.807, 2.05) is 4.90 Å². The fraction of sp³-hybridized carbons (Fsp3) is 0.643. The monoisotopic (exact) mass is 293 g/mol. The molecule has 7 nitrogen and oxygen atoms in total. The summed E-state index contributed by atoms with van der Waals surface area (Å²) < 4.78 is 1.55. The zero-order valence-corrected chi connectivity index (χ0v) is 12.8. The molecule has 1 fully saturated rings. The quantitative estimate of drug-likeness (QED) is 0.838. The first kappa shape index (κ1) is 15.3. The second kappa shape index (κ2) is 6.15. The molecule has 21 heavy (non-hydrogen) atoms. The number of piperidine rings is 1. The molecule has 0 aliphatic carbocycles. The Labute approximate surface area is 124 Å². The zero-order valence-electron chi connectivity index (χ0n) is 12.8. The number of aryl methyl sites for hydroxylation is 2. The van der Waals surface area contributed by atoms with Gasteiger partial charge in [0.15, 0.2) is 0 Å². The third kappa shape index (κ3) is 3.34. The number of hydrogen-bond acceptors (Lipinski definition) is 4. The summed E-state index contributed by atoms with van der Waals surface area (Å²) in [7, 11) is 1.74. The second-order valence-electron chi connectivity index (χ2n) is 5.64. The summed E-state index contributed by atoms with van der Waals surface area (Å²) in [4.78, 5) is 25.3. The van der Waals surface area contributed by atoms with Crippen LogP contribution in [0.4, 0.5) is 5.69 Å². The van der Waals surface area contributed by atoms with Gasteiger partial charge in [0, 0.05) is 33.6 Å². The van der Waals surface area contributed by atoms with Crippen molar-refractivity contribution in [2.24, 2.45) is 13.0 Å². The number of carbonyl (C=O) groups is 2. The second-order valence-corrected chi connectivity index (χ2v) is 5.64. The zero-order chi connectivity index (χ0) is 15.6. The van der Waals surface area contributed by atoms with Gasteiger partial charge in [-0.05, 0) is 25.7 Å². The fourth-order valence-electron chi connectivity index (χ4n) is 2.71. The number of hydrogen-bond donors (Lipinski definition) is 2. The predicted octanol–water partition coefficient (Wildman–Crippen LogP) is 0.299. The normalized spacial score (nSPS) is 16.0. The topological polar surface area (TPSA) is 93.2 Å². The van der Waals surface area contributed by atoms with E-state index >= 15 is 0 Å². The first-order valence-corrected chi connectivity index (χ1v) is 7.23. The van der Waals surface area contributed by atoms with Crippen LogP contribution < -0.4 is 11.1 Å². The number of nitrogens with two attached hydrogens (primary N) is 1. The van der Waals surface area contributed by atoms with Crippen LogP contribution in [0.25, 0.3) is 0 Å². The minimum absolute atomic E-state index is 0.00774. The highest BCUT2D eigenvalue weighted by Crippen LogP contribution is 2.22. The Kier molecular flexibility index (Phi) is 4.50.